The van der Waals surface area contributed by atoms with Gasteiger partial charge in [-0.25, -0.2) is 4.98 Å². The Morgan fingerprint density at radius 2 is 1.97 bits per heavy atom. The van der Waals surface area contributed by atoms with Crippen molar-refractivity contribution in [3.8, 4) is 11.5 Å². The number of amides is 1. The van der Waals surface area contributed by atoms with Crippen molar-refractivity contribution in [3.05, 3.63) is 63.7 Å². The van der Waals surface area contributed by atoms with Crippen LogP contribution in [0.5, 0.6) is 11.5 Å². The molecule has 2 aromatic carbocycles. The summed E-state index contributed by atoms with van der Waals surface area (Å²) in [7, 11) is 1.57. The third kappa shape index (κ3) is 5.30. The lowest BCUT2D eigenvalue weighted by Gasteiger charge is -2.22. The summed E-state index contributed by atoms with van der Waals surface area (Å²) in [6.07, 6.45) is 0.977. The largest absolute Gasteiger partial charge is 0.493 e. The zero-order valence-electron chi connectivity index (χ0n) is 17.0. The highest BCUT2D eigenvalue weighted by Gasteiger charge is 2.16. The molecule has 0 aliphatic heterocycles. The molecule has 1 aromatic heterocycles. The highest BCUT2D eigenvalue weighted by atomic mass is 35.5. The van der Waals surface area contributed by atoms with Crippen molar-refractivity contribution in [3.63, 3.8) is 0 Å². The van der Waals surface area contributed by atoms with Gasteiger partial charge in [0.1, 0.15) is 5.82 Å². The van der Waals surface area contributed by atoms with E-state index in [1.165, 1.54) is 0 Å². The minimum absolute atomic E-state index is 0.0828. The lowest BCUT2D eigenvalue weighted by molar-refractivity contribution is -0.132. The Morgan fingerprint density at radius 3 is 2.70 bits per heavy atom. The summed E-state index contributed by atoms with van der Waals surface area (Å²) in [5.41, 5.74) is 0.250. The van der Waals surface area contributed by atoms with Crippen molar-refractivity contribution >= 4 is 28.4 Å². The molecule has 158 valence electrons. The zero-order chi connectivity index (χ0) is 21.5. The van der Waals surface area contributed by atoms with Gasteiger partial charge in [-0.3, -0.25) is 9.59 Å². The molecule has 1 amide bonds. The first-order chi connectivity index (χ1) is 14.5. The van der Waals surface area contributed by atoms with Crippen molar-refractivity contribution in [1.29, 1.82) is 0 Å². The molecule has 1 N–H and O–H groups in total. The van der Waals surface area contributed by atoms with Crippen LogP contribution in [0.3, 0.4) is 0 Å². The molecule has 0 atom stereocenters. The molecule has 0 spiro atoms. The first-order valence-corrected chi connectivity index (χ1v) is 10.1. The third-order valence-electron chi connectivity index (χ3n) is 4.55. The molecule has 30 heavy (non-hydrogen) atoms. The fourth-order valence-corrected chi connectivity index (χ4v) is 3.29. The highest BCUT2D eigenvalue weighted by molar-refractivity contribution is 6.31. The molecule has 0 aliphatic rings. The Morgan fingerprint density at radius 1 is 1.20 bits per heavy atom. The monoisotopic (exact) mass is 429 g/mol. The predicted molar refractivity (Wildman–Crippen MR) is 116 cm³/mol. The van der Waals surface area contributed by atoms with E-state index < -0.39 is 0 Å². The SMILES string of the molecule is CCCN(Cc1nc2cc(Cl)ccc2c(=O)[nH]1)C(=O)CCOc1ccccc1OC. The fourth-order valence-electron chi connectivity index (χ4n) is 3.12. The van der Waals surface area contributed by atoms with Crippen molar-refractivity contribution in [2.45, 2.75) is 26.3 Å². The van der Waals surface area contributed by atoms with E-state index in [1.54, 1.807) is 42.3 Å². The summed E-state index contributed by atoms with van der Waals surface area (Å²) in [4.78, 5) is 34.0. The quantitative estimate of drug-likeness (QED) is 0.559. The van der Waals surface area contributed by atoms with Gasteiger partial charge in [0.15, 0.2) is 11.5 Å². The summed E-state index contributed by atoms with van der Waals surface area (Å²) in [6.45, 7) is 2.96. The van der Waals surface area contributed by atoms with Crippen molar-refractivity contribution in [2.75, 3.05) is 20.3 Å². The number of halogens is 1. The van der Waals surface area contributed by atoms with Gasteiger partial charge >= 0.3 is 0 Å². The molecule has 0 unspecified atom stereocenters. The number of ether oxygens (including phenoxy) is 2. The summed E-state index contributed by atoms with van der Waals surface area (Å²) in [5, 5.41) is 0.961. The Balaban J connectivity index is 1.68. The number of hydrogen-bond acceptors (Lipinski definition) is 5. The maximum Gasteiger partial charge on any atom is 0.258 e. The van der Waals surface area contributed by atoms with Gasteiger partial charge in [-0.05, 0) is 36.8 Å². The number of fused-ring (bicyclic) bond motifs is 1. The van der Waals surface area contributed by atoms with Gasteiger partial charge in [0.2, 0.25) is 5.91 Å². The van der Waals surface area contributed by atoms with E-state index in [9.17, 15) is 9.59 Å². The molecule has 0 saturated carbocycles. The maximum absolute atomic E-state index is 12.8. The summed E-state index contributed by atoms with van der Waals surface area (Å²) < 4.78 is 11.0. The van der Waals surface area contributed by atoms with E-state index in [1.807, 2.05) is 19.1 Å². The topological polar surface area (TPSA) is 84.5 Å². The number of aromatic nitrogens is 2. The molecule has 3 aromatic rings. The highest BCUT2D eigenvalue weighted by Crippen LogP contribution is 2.25. The van der Waals surface area contributed by atoms with Crippen molar-refractivity contribution in [1.82, 2.24) is 14.9 Å². The van der Waals surface area contributed by atoms with Gasteiger partial charge in [-0.15, -0.1) is 0 Å². The van der Waals surface area contributed by atoms with Gasteiger partial charge in [0, 0.05) is 11.6 Å². The number of aromatic amines is 1. The Bertz CT molecular complexity index is 1080. The zero-order valence-corrected chi connectivity index (χ0v) is 17.7. The summed E-state index contributed by atoms with van der Waals surface area (Å²) in [6, 6.07) is 12.2. The standard InChI is InChI=1S/C22H24ClN3O4/c1-3-11-26(21(27)10-12-30-19-7-5-4-6-18(19)29-2)14-20-24-17-13-15(23)8-9-16(17)22(28)25-20/h4-9,13H,3,10-12,14H2,1-2H3,(H,24,25,28). The summed E-state index contributed by atoms with van der Waals surface area (Å²) in [5.74, 6) is 1.54. The van der Waals surface area contributed by atoms with Crippen LogP contribution in [0.1, 0.15) is 25.6 Å². The smallest absolute Gasteiger partial charge is 0.258 e. The number of hydrogen-bond donors (Lipinski definition) is 1. The number of methoxy groups -OCH3 is 1. The van der Waals surface area contributed by atoms with Gasteiger partial charge < -0.3 is 19.4 Å². The number of carbonyl (C=O) groups is 1. The molecule has 0 radical (unpaired) electrons. The molecule has 7 nitrogen and oxygen atoms in total. The molecule has 0 aliphatic carbocycles. The number of para-hydroxylation sites is 2. The Kier molecular flexibility index (Phi) is 7.30. The second-order valence-corrected chi connectivity index (χ2v) is 7.18. The van der Waals surface area contributed by atoms with E-state index >= 15 is 0 Å². The molecule has 0 fully saturated rings. The van der Waals surface area contributed by atoms with Gasteiger partial charge in [0.25, 0.3) is 5.56 Å². The lowest BCUT2D eigenvalue weighted by atomic mass is 10.2. The molecular weight excluding hydrogens is 406 g/mol. The third-order valence-corrected chi connectivity index (χ3v) is 4.78. The van der Waals surface area contributed by atoms with E-state index in [2.05, 4.69) is 9.97 Å². The Hall–Kier alpha value is -3.06. The van der Waals surface area contributed by atoms with Crippen molar-refractivity contribution < 1.29 is 14.3 Å². The normalized spacial score (nSPS) is 10.8. The number of rotatable bonds is 9. The van der Waals surface area contributed by atoms with Crippen LogP contribution in [-0.2, 0) is 11.3 Å². The Labute approximate surface area is 179 Å². The van der Waals surface area contributed by atoms with E-state index in [0.29, 0.717) is 39.8 Å². The average molecular weight is 430 g/mol. The summed E-state index contributed by atoms with van der Waals surface area (Å²) >= 11 is 6.02. The van der Waals surface area contributed by atoms with Gasteiger partial charge in [-0.2, -0.15) is 0 Å². The number of nitrogens with one attached hydrogen (secondary N) is 1. The molecule has 1 heterocycles. The lowest BCUT2D eigenvalue weighted by Crippen LogP contribution is -2.33. The van der Waals surface area contributed by atoms with Crippen LogP contribution in [0.25, 0.3) is 10.9 Å². The molecular formula is C22H24ClN3O4. The molecule has 0 saturated heterocycles. The number of nitrogens with zero attached hydrogens (tertiary/aromatic N) is 2. The first-order valence-electron chi connectivity index (χ1n) is 9.74. The first kappa shape index (κ1) is 21.6. The van der Waals surface area contributed by atoms with Crippen LogP contribution in [0.15, 0.2) is 47.3 Å². The van der Waals surface area contributed by atoms with E-state index in [-0.39, 0.29) is 31.0 Å². The molecule has 0 bridgehead atoms. The van der Waals surface area contributed by atoms with Crippen molar-refractivity contribution in [2.24, 2.45) is 0 Å². The number of carbonyl (C=O) groups excluding carboxylic acids is 1. The average Bonchev–Trinajstić information content (AvgIpc) is 2.73. The predicted octanol–water partition coefficient (Wildman–Crippen LogP) is 3.79. The van der Waals surface area contributed by atoms with Crippen LogP contribution in [-0.4, -0.2) is 41.0 Å². The van der Waals surface area contributed by atoms with Crippen LogP contribution in [0.2, 0.25) is 5.02 Å². The van der Waals surface area contributed by atoms with E-state index in [0.717, 1.165) is 6.42 Å². The number of benzene rings is 2. The van der Waals surface area contributed by atoms with Crippen LogP contribution in [0.4, 0.5) is 0 Å². The van der Waals surface area contributed by atoms with Crippen LogP contribution < -0.4 is 15.0 Å². The molecule has 3 rings (SSSR count). The van der Waals surface area contributed by atoms with Gasteiger partial charge in [-0.1, -0.05) is 30.7 Å². The minimum Gasteiger partial charge on any atom is -0.493 e. The van der Waals surface area contributed by atoms with Gasteiger partial charge in [0.05, 0.1) is 37.6 Å². The fraction of sp³-hybridized carbons (Fsp3) is 0.318. The van der Waals surface area contributed by atoms with E-state index in [4.69, 9.17) is 21.1 Å². The number of H-pyrrole nitrogens is 1. The van der Waals surface area contributed by atoms with Crippen LogP contribution in [0, 0.1) is 0 Å². The molecule has 8 heteroatoms. The maximum atomic E-state index is 12.8. The van der Waals surface area contributed by atoms with Crippen LogP contribution >= 0.6 is 11.6 Å². The second kappa shape index (κ2) is 10.1. The second-order valence-electron chi connectivity index (χ2n) is 6.74. The minimum atomic E-state index is -0.255.